The molecule has 0 aliphatic carbocycles. The molecule has 198 valence electrons. The summed E-state index contributed by atoms with van der Waals surface area (Å²) >= 11 is 6.22. The average molecular weight is 545 g/mol. The van der Waals surface area contributed by atoms with Crippen LogP contribution >= 0.6 is 36.4 Å². The monoisotopic (exact) mass is 543 g/mol. The van der Waals surface area contributed by atoms with E-state index in [9.17, 15) is 0 Å². The van der Waals surface area contributed by atoms with Gasteiger partial charge >= 0.3 is 0 Å². The Labute approximate surface area is 219 Å². The molecule has 1 aromatic heterocycles. The van der Waals surface area contributed by atoms with Gasteiger partial charge in [0.05, 0.1) is 23.8 Å². The highest BCUT2D eigenvalue weighted by atomic mass is 35.5. The van der Waals surface area contributed by atoms with Crippen LogP contribution < -0.4 is 10.1 Å². The maximum Gasteiger partial charge on any atom is 0.119 e. The Morgan fingerprint density at radius 2 is 1.59 bits per heavy atom. The average Bonchev–Trinajstić information content (AvgIpc) is 2.70. The van der Waals surface area contributed by atoms with Gasteiger partial charge in [-0.3, -0.25) is 0 Å². The van der Waals surface area contributed by atoms with E-state index in [1.54, 1.807) is 7.11 Å². The molecule has 8 nitrogen and oxygen atoms in total. The molecular weight excluding hydrogens is 505 g/mol. The number of fused-ring (bicyclic) bond motifs is 2. The van der Waals surface area contributed by atoms with E-state index in [0.717, 1.165) is 59.3 Å². The molecule has 0 aliphatic heterocycles. The molecule has 34 heavy (non-hydrogen) atoms. The summed E-state index contributed by atoms with van der Waals surface area (Å²) in [6.07, 6.45) is 2.28. The van der Waals surface area contributed by atoms with E-state index < -0.39 is 0 Å². The van der Waals surface area contributed by atoms with E-state index in [-0.39, 0.29) is 46.7 Å². The van der Waals surface area contributed by atoms with Gasteiger partial charge in [0.2, 0.25) is 0 Å². The number of benzene rings is 2. The lowest BCUT2D eigenvalue weighted by atomic mass is 10.1. The molecule has 1 unspecified atom stereocenters. The molecule has 0 amide bonds. The van der Waals surface area contributed by atoms with Crippen molar-refractivity contribution in [3.05, 3.63) is 41.4 Å². The number of anilines is 1. The summed E-state index contributed by atoms with van der Waals surface area (Å²) in [5, 5.41) is 6.61. The summed E-state index contributed by atoms with van der Waals surface area (Å²) in [6.45, 7) is 10.0. The fourth-order valence-electron chi connectivity index (χ4n) is 3.66. The number of halogens is 3. The van der Waals surface area contributed by atoms with E-state index in [2.05, 4.69) is 43.1 Å². The molecule has 1 atom stereocenters. The van der Waals surface area contributed by atoms with Gasteiger partial charge < -0.3 is 36.9 Å². The zero-order valence-electron chi connectivity index (χ0n) is 20.1. The fourth-order valence-corrected chi connectivity index (χ4v) is 3.82. The van der Waals surface area contributed by atoms with Crippen LogP contribution in [0.2, 0.25) is 5.02 Å². The van der Waals surface area contributed by atoms with E-state index in [0.29, 0.717) is 11.1 Å². The number of aromatic nitrogens is 1. The van der Waals surface area contributed by atoms with Crippen LogP contribution in [-0.2, 0) is 0 Å². The minimum absolute atomic E-state index is 0. The maximum atomic E-state index is 6.22. The first-order valence-corrected chi connectivity index (χ1v) is 10.5. The Balaban J connectivity index is -0.000000750. The Bertz CT molecular complexity index is 962. The summed E-state index contributed by atoms with van der Waals surface area (Å²) in [4.78, 5) is 7.27. The highest BCUT2D eigenvalue weighted by Gasteiger charge is 2.13. The van der Waals surface area contributed by atoms with Gasteiger partial charge in [-0.2, -0.15) is 0 Å². The predicted octanol–water partition coefficient (Wildman–Crippen LogP) is 3.52. The van der Waals surface area contributed by atoms with E-state index in [4.69, 9.17) is 21.3 Å². The number of nitrogens with one attached hydrogen (secondary N) is 1. The van der Waals surface area contributed by atoms with E-state index in [1.165, 1.54) is 6.42 Å². The Morgan fingerprint density at radius 3 is 2.18 bits per heavy atom. The molecule has 0 spiro atoms. The summed E-state index contributed by atoms with van der Waals surface area (Å²) < 4.78 is 5.45. The third-order valence-electron chi connectivity index (χ3n) is 5.34. The molecule has 3 aromatic rings. The smallest absolute Gasteiger partial charge is 0.119 e. The van der Waals surface area contributed by atoms with Gasteiger partial charge in [-0.25, -0.2) is 4.98 Å². The van der Waals surface area contributed by atoms with Gasteiger partial charge in [0.1, 0.15) is 5.75 Å². The SMILES string of the molecule is CCN(CC)CCCC(C)Nc1c2ccc(Cl)cc2nc2ccc(OC)cc12.Cl.Cl.O.O.O.O. The quantitative estimate of drug-likeness (QED) is 0.408. The summed E-state index contributed by atoms with van der Waals surface area (Å²) in [6, 6.07) is 12.3. The minimum atomic E-state index is 0. The van der Waals surface area contributed by atoms with Crippen molar-refractivity contribution in [1.29, 1.82) is 0 Å². The van der Waals surface area contributed by atoms with Gasteiger partial charge in [-0.1, -0.05) is 25.4 Å². The largest absolute Gasteiger partial charge is 0.497 e. The van der Waals surface area contributed by atoms with Gasteiger partial charge in [-0.15, -0.1) is 24.8 Å². The van der Waals surface area contributed by atoms with Crippen molar-refractivity contribution in [1.82, 2.24) is 9.88 Å². The molecule has 3 rings (SSSR count). The predicted molar refractivity (Wildman–Crippen MR) is 150 cm³/mol. The zero-order valence-corrected chi connectivity index (χ0v) is 22.5. The topological polar surface area (TPSA) is 163 Å². The van der Waals surface area contributed by atoms with Crippen LogP contribution in [0, 0.1) is 0 Å². The standard InChI is InChI=1S/C23H30ClN3O.2ClH.4H2O/c1-5-27(6-2)13-7-8-16(3)25-23-19-11-9-17(24)14-22(19)26-21-12-10-18(28-4)15-20(21)23;;;;;;/h9-12,14-16H,5-8,13H2,1-4H3,(H,25,26);2*1H;4*1H2. The third-order valence-corrected chi connectivity index (χ3v) is 5.57. The number of ether oxygens (including phenoxy) is 1. The van der Waals surface area contributed by atoms with Crippen molar-refractivity contribution in [2.45, 2.75) is 39.7 Å². The molecule has 0 aliphatic rings. The van der Waals surface area contributed by atoms with Crippen molar-refractivity contribution in [3.8, 4) is 5.75 Å². The molecule has 11 heteroatoms. The van der Waals surface area contributed by atoms with Crippen LogP contribution in [0.15, 0.2) is 36.4 Å². The lowest BCUT2D eigenvalue weighted by Gasteiger charge is -2.22. The summed E-state index contributed by atoms with van der Waals surface area (Å²) in [7, 11) is 1.69. The first kappa shape index (κ1) is 39.6. The molecular formula is C23H40Cl3N3O5. The lowest BCUT2D eigenvalue weighted by Crippen LogP contribution is -2.25. The van der Waals surface area contributed by atoms with Gasteiger partial charge in [0.25, 0.3) is 0 Å². The summed E-state index contributed by atoms with van der Waals surface area (Å²) in [5.74, 6) is 0.833. The van der Waals surface area contributed by atoms with E-state index >= 15 is 0 Å². The molecule has 0 radical (unpaired) electrons. The van der Waals surface area contributed by atoms with Crippen molar-refractivity contribution < 1.29 is 26.6 Å². The van der Waals surface area contributed by atoms with Gasteiger partial charge in [0.15, 0.2) is 0 Å². The molecule has 0 saturated carbocycles. The first-order valence-electron chi connectivity index (χ1n) is 10.1. The van der Waals surface area contributed by atoms with Crippen LogP contribution in [0.1, 0.15) is 33.6 Å². The Morgan fingerprint density at radius 1 is 0.941 bits per heavy atom. The normalized spacial score (nSPS) is 10.4. The molecule has 1 heterocycles. The number of rotatable bonds is 9. The van der Waals surface area contributed by atoms with Crippen molar-refractivity contribution in [2.75, 3.05) is 32.1 Å². The lowest BCUT2D eigenvalue weighted by molar-refractivity contribution is 0.295. The van der Waals surface area contributed by atoms with Crippen molar-refractivity contribution in [2.24, 2.45) is 0 Å². The Kier molecular flexibility index (Phi) is 21.7. The third kappa shape index (κ3) is 9.56. The van der Waals surface area contributed by atoms with Crippen LogP contribution in [0.3, 0.4) is 0 Å². The second-order valence-electron chi connectivity index (χ2n) is 7.25. The fraction of sp³-hybridized carbons (Fsp3) is 0.435. The van der Waals surface area contributed by atoms with Crippen LogP contribution in [0.5, 0.6) is 5.75 Å². The minimum Gasteiger partial charge on any atom is -0.497 e. The van der Waals surface area contributed by atoms with Crippen LogP contribution in [0.25, 0.3) is 21.8 Å². The van der Waals surface area contributed by atoms with Crippen LogP contribution in [0.4, 0.5) is 5.69 Å². The zero-order chi connectivity index (χ0) is 20.1. The summed E-state index contributed by atoms with van der Waals surface area (Å²) in [5.41, 5.74) is 2.95. The molecule has 0 fully saturated rings. The number of nitrogens with zero attached hydrogens (tertiary/aromatic N) is 2. The first-order chi connectivity index (χ1) is 13.5. The molecule has 0 bridgehead atoms. The number of methoxy groups -OCH3 is 1. The second kappa shape index (κ2) is 18.7. The van der Waals surface area contributed by atoms with Gasteiger partial charge in [-0.05, 0) is 75.8 Å². The second-order valence-corrected chi connectivity index (χ2v) is 7.68. The molecule has 0 saturated heterocycles. The number of pyridine rings is 1. The van der Waals surface area contributed by atoms with Crippen molar-refractivity contribution in [3.63, 3.8) is 0 Å². The molecule has 9 N–H and O–H groups in total. The van der Waals surface area contributed by atoms with Crippen molar-refractivity contribution >= 4 is 63.9 Å². The highest BCUT2D eigenvalue weighted by molar-refractivity contribution is 6.31. The number of hydrogen-bond acceptors (Lipinski definition) is 4. The van der Waals surface area contributed by atoms with Gasteiger partial charge in [0, 0.05) is 21.8 Å². The number of hydrogen-bond donors (Lipinski definition) is 1. The maximum absolute atomic E-state index is 6.22. The molecule has 2 aromatic carbocycles. The van der Waals surface area contributed by atoms with E-state index in [1.807, 2.05) is 24.3 Å². The highest BCUT2D eigenvalue weighted by Crippen LogP contribution is 2.34. The van der Waals surface area contributed by atoms with Crippen LogP contribution in [-0.4, -0.2) is 64.6 Å². The Hall–Kier alpha value is -1.62.